The van der Waals surface area contributed by atoms with Crippen molar-refractivity contribution in [2.75, 3.05) is 11.9 Å². The van der Waals surface area contributed by atoms with E-state index in [-0.39, 0.29) is 11.7 Å². The lowest BCUT2D eigenvalue weighted by Gasteiger charge is -2.07. The zero-order chi connectivity index (χ0) is 12.0. The first-order chi connectivity index (χ1) is 7.58. The van der Waals surface area contributed by atoms with Crippen molar-refractivity contribution >= 4 is 11.7 Å². The van der Waals surface area contributed by atoms with Crippen LogP contribution in [0, 0.1) is 5.95 Å². The average molecular weight is 225 g/mol. The Morgan fingerprint density at radius 3 is 2.88 bits per heavy atom. The minimum atomic E-state index is -0.599. The molecule has 2 N–H and O–H groups in total. The highest BCUT2D eigenvalue weighted by molar-refractivity contribution is 5.89. The van der Waals surface area contributed by atoms with Gasteiger partial charge in [0.25, 0.3) is 0 Å². The van der Waals surface area contributed by atoms with E-state index in [1.807, 2.05) is 13.8 Å². The summed E-state index contributed by atoms with van der Waals surface area (Å²) in [5.74, 6) is -0.529. The molecule has 0 spiro atoms. The third kappa shape index (κ3) is 4.84. The lowest BCUT2D eigenvalue weighted by Crippen LogP contribution is -2.27. The Morgan fingerprint density at radius 2 is 2.25 bits per heavy atom. The van der Waals surface area contributed by atoms with E-state index < -0.39 is 5.95 Å². The van der Waals surface area contributed by atoms with Crippen molar-refractivity contribution in [3.8, 4) is 0 Å². The van der Waals surface area contributed by atoms with Crippen LogP contribution in [0.2, 0.25) is 0 Å². The SMILES string of the molecule is CC(C)NCCC(=O)Nc1cccc(F)n1. The first kappa shape index (κ1) is 12.6. The van der Waals surface area contributed by atoms with E-state index in [1.165, 1.54) is 12.1 Å². The van der Waals surface area contributed by atoms with Gasteiger partial charge < -0.3 is 10.6 Å². The zero-order valence-electron chi connectivity index (χ0n) is 9.46. The Bertz CT molecular complexity index is 355. The van der Waals surface area contributed by atoms with Crippen LogP contribution in [0.1, 0.15) is 20.3 Å². The fourth-order valence-electron chi connectivity index (χ4n) is 1.16. The third-order valence-electron chi connectivity index (χ3n) is 1.89. The van der Waals surface area contributed by atoms with Gasteiger partial charge in [0.15, 0.2) is 0 Å². The Morgan fingerprint density at radius 1 is 1.50 bits per heavy atom. The van der Waals surface area contributed by atoms with Gasteiger partial charge in [0.2, 0.25) is 11.9 Å². The van der Waals surface area contributed by atoms with Crippen LogP contribution in [0.15, 0.2) is 18.2 Å². The van der Waals surface area contributed by atoms with Crippen LogP contribution in [0.3, 0.4) is 0 Å². The number of aromatic nitrogens is 1. The summed E-state index contributed by atoms with van der Waals surface area (Å²) in [5.41, 5.74) is 0. The molecule has 16 heavy (non-hydrogen) atoms. The molecule has 0 aliphatic rings. The maximum Gasteiger partial charge on any atom is 0.226 e. The van der Waals surface area contributed by atoms with Gasteiger partial charge >= 0.3 is 0 Å². The summed E-state index contributed by atoms with van der Waals surface area (Å²) in [6.07, 6.45) is 0.344. The first-order valence-corrected chi connectivity index (χ1v) is 5.23. The Hall–Kier alpha value is -1.49. The lowest BCUT2D eigenvalue weighted by molar-refractivity contribution is -0.116. The highest BCUT2D eigenvalue weighted by Crippen LogP contribution is 2.03. The second kappa shape index (κ2) is 6.17. The number of amides is 1. The normalized spacial score (nSPS) is 10.5. The van der Waals surface area contributed by atoms with Gasteiger partial charge in [-0.05, 0) is 12.1 Å². The number of carbonyl (C=O) groups excluding carboxylic acids is 1. The van der Waals surface area contributed by atoms with Crippen LogP contribution in [-0.2, 0) is 4.79 Å². The molecule has 1 heterocycles. The number of anilines is 1. The van der Waals surface area contributed by atoms with Crippen LogP contribution < -0.4 is 10.6 Å². The maximum atomic E-state index is 12.7. The summed E-state index contributed by atoms with van der Waals surface area (Å²) in [6, 6.07) is 4.64. The number of nitrogens with one attached hydrogen (secondary N) is 2. The van der Waals surface area contributed by atoms with E-state index >= 15 is 0 Å². The van der Waals surface area contributed by atoms with E-state index in [0.717, 1.165) is 0 Å². The highest BCUT2D eigenvalue weighted by Gasteiger charge is 2.04. The monoisotopic (exact) mass is 225 g/mol. The molecular formula is C11H16FN3O. The molecule has 4 nitrogen and oxygen atoms in total. The van der Waals surface area contributed by atoms with Crippen LogP contribution >= 0.6 is 0 Å². The van der Waals surface area contributed by atoms with Crippen LogP contribution in [0.4, 0.5) is 10.2 Å². The molecule has 0 saturated carbocycles. The molecule has 5 heteroatoms. The number of hydrogen-bond acceptors (Lipinski definition) is 3. The fourth-order valence-corrected chi connectivity index (χ4v) is 1.16. The summed E-state index contributed by atoms with van der Waals surface area (Å²) < 4.78 is 12.7. The molecule has 0 fully saturated rings. The van der Waals surface area contributed by atoms with Crippen molar-refractivity contribution in [2.24, 2.45) is 0 Å². The molecule has 0 aliphatic heterocycles. The maximum absolute atomic E-state index is 12.7. The van der Waals surface area contributed by atoms with Crippen molar-refractivity contribution in [2.45, 2.75) is 26.3 Å². The van der Waals surface area contributed by atoms with Crippen LogP contribution in [-0.4, -0.2) is 23.5 Å². The molecule has 1 aromatic rings. The van der Waals surface area contributed by atoms with Crippen molar-refractivity contribution in [1.82, 2.24) is 10.3 Å². The zero-order valence-corrected chi connectivity index (χ0v) is 9.46. The van der Waals surface area contributed by atoms with Crippen molar-refractivity contribution in [1.29, 1.82) is 0 Å². The second-order valence-corrected chi connectivity index (χ2v) is 3.75. The number of nitrogens with zero attached hydrogens (tertiary/aromatic N) is 1. The molecule has 1 rings (SSSR count). The van der Waals surface area contributed by atoms with Crippen LogP contribution in [0.25, 0.3) is 0 Å². The van der Waals surface area contributed by atoms with Gasteiger partial charge in [-0.3, -0.25) is 4.79 Å². The Labute approximate surface area is 94.3 Å². The van der Waals surface area contributed by atoms with Crippen molar-refractivity contribution in [3.05, 3.63) is 24.1 Å². The van der Waals surface area contributed by atoms with Gasteiger partial charge in [0, 0.05) is 19.0 Å². The summed E-state index contributed by atoms with van der Waals surface area (Å²) in [5, 5.41) is 5.64. The van der Waals surface area contributed by atoms with Gasteiger partial charge in [-0.15, -0.1) is 0 Å². The molecule has 0 unspecified atom stereocenters. The fraction of sp³-hybridized carbons (Fsp3) is 0.455. The van der Waals surface area contributed by atoms with Crippen molar-refractivity contribution in [3.63, 3.8) is 0 Å². The van der Waals surface area contributed by atoms with Crippen LogP contribution in [0.5, 0.6) is 0 Å². The Balaban J connectivity index is 2.34. The molecule has 0 bridgehead atoms. The molecule has 88 valence electrons. The molecule has 0 aromatic carbocycles. The second-order valence-electron chi connectivity index (χ2n) is 3.75. The molecule has 1 amide bonds. The smallest absolute Gasteiger partial charge is 0.226 e. The predicted octanol–water partition coefficient (Wildman–Crippen LogP) is 1.55. The largest absolute Gasteiger partial charge is 0.314 e. The van der Waals surface area contributed by atoms with Gasteiger partial charge in [0.1, 0.15) is 5.82 Å². The standard InChI is InChI=1S/C11H16FN3O/c1-8(2)13-7-6-11(16)15-10-5-3-4-9(12)14-10/h3-5,8,13H,6-7H2,1-2H3,(H,14,15,16). The van der Waals surface area contributed by atoms with Gasteiger partial charge in [-0.2, -0.15) is 4.39 Å². The topological polar surface area (TPSA) is 54.0 Å². The van der Waals surface area contributed by atoms with E-state index in [0.29, 0.717) is 19.0 Å². The summed E-state index contributed by atoms with van der Waals surface area (Å²) in [6.45, 7) is 4.61. The molecular weight excluding hydrogens is 209 g/mol. The molecule has 0 saturated heterocycles. The predicted molar refractivity (Wildman–Crippen MR) is 60.6 cm³/mol. The van der Waals surface area contributed by atoms with E-state index in [4.69, 9.17) is 0 Å². The van der Waals surface area contributed by atoms with Gasteiger partial charge in [0.05, 0.1) is 0 Å². The van der Waals surface area contributed by atoms with Gasteiger partial charge in [-0.1, -0.05) is 19.9 Å². The minimum absolute atomic E-state index is 0.175. The molecule has 0 aliphatic carbocycles. The van der Waals surface area contributed by atoms with E-state index in [2.05, 4.69) is 15.6 Å². The number of rotatable bonds is 5. The van der Waals surface area contributed by atoms with E-state index in [9.17, 15) is 9.18 Å². The van der Waals surface area contributed by atoms with Gasteiger partial charge in [-0.25, -0.2) is 4.98 Å². The quantitative estimate of drug-likeness (QED) is 0.747. The average Bonchev–Trinajstić information content (AvgIpc) is 2.16. The molecule has 0 atom stereocenters. The summed E-state index contributed by atoms with van der Waals surface area (Å²) in [7, 11) is 0. The number of halogens is 1. The minimum Gasteiger partial charge on any atom is -0.314 e. The van der Waals surface area contributed by atoms with E-state index in [1.54, 1.807) is 6.07 Å². The number of pyridine rings is 1. The molecule has 1 aromatic heterocycles. The number of hydrogen-bond donors (Lipinski definition) is 2. The number of carbonyl (C=O) groups is 1. The van der Waals surface area contributed by atoms with Crippen molar-refractivity contribution < 1.29 is 9.18 Å². The molecule has 0 radical (unpaired) electrons. The first-order valence-electron chi connectivity index (χ1n) is 5.23. The summed E-state index contributed by atoms with van der Waals surface area (Å²) in [4.78, 5) is 14.9. The summed E-state index contributed by atoms with van der Waals surface area (Å²) >= 11 is 0. The highest BCUT2D eigenvalue weighted by atomic mass is 19.1. The third-order valence-corrected chi connectivity index (χ3v) is 1.89. The Kier molecular flexibility index (Phi) is 4.85. The lowest BCUT2D eigenvalue weighted by atomic mass is 10.3.